The van der Waals surface area contributed by atoms with Crippen molar-refractivity contribution in [2.45, 2.75) is 26.7 Å². The maximum absolute atomic E-state index is 12.5. The van der Waals surface area contributed by atoms with E-state index in [4.69, 9.17) is 4.74 Å². The molecule has 1 aromatic heterocycles. The highest BCUT2D eigenvalue weighted by atomic mass is 32.1. The van der Waals surface area contributed by atoms with E-state index < -0.39 is 5.97 Å². The second kappa shape index (κ2) is 8.54. The third kappa shape index (κ3) is 4.67. The number of carbonyl (C=O) groups excluding carboxylic acids is 1. The Labute approximate surface area is 162 Å². The Kier molecular flexibility index (Phi) is 6.13. The van der Waals surface area contributed by atoms with Gasteiger partial charge in [-0.05, 0) is 62.4 Å². The number of rotatable bonds is 6. The summed E-state index contributed by atoms with van der Waals surface area (Å²) in [5, 5.41) is 15.9. The fourth-order valence-electron chi connectivity index (χ4n) is 3.10. The van der Waals surface area contributed by atoms with Crippen LogP contribution in [0.3, 0.4) is 0 Å². The lowest BCUT2D eigenvalue weighted by Gasteiger charge is -2.22. The normalized spacial score (nSPS) is 14.7. The fourth-order valence-corrected chi connectivity index (χ4v) is 4.15. The van der Waals surface area contributed by atoms with Crippen LogP contribution in [0.5, 0.6) is 0 Å². The molecule has 1 fully saturated rings. The highest BCUT2D eigenvalue weighted by molar-refractivity contribution is 7.16. The molecule has 0 spiro atoms. The van der Waals surface area contributed by atoms with Gasteiger partial charge < -0.3 is 20.5 Å². The topological polar surface area (TPSA) is 87.7 Å². The Morgan fingerprint density at radius 3 is 2.48 bits per heavy atom. The third-order valence-electron chi connectivity index (χ3n) is 4.91. The number of thiophene rings is 1. The lowest BCUT2D eigenvalue weighted by Crippen LogP contribution is -2.22. The quantitative estimate of drug-likeness (QED) is 0.692. The molecule has 1 aliphatic rings. The van der Waals surface area contributed by atoms with E-state index >= 15 is 0 Å². The highest BCUT2D eigenvalue weighted by Crippen LogP contribution is 2.32. The molecule has 6 nitrogen and oxygen atoms in total. The Morgan fingerprint density at radius 1 is 1.19 bits per heavy atom. The van der Waals surface area contributed by atoms with E-state index in [9.17, 15) is 14.7 Å². The average molecular weight is 388 g/mol. The van der Waals surface area contributed by atoms with E-state index in [2.05, 4.69) is 10.6 Å². The monoisotopic (exact) mass is 388 g/mol. The molecular formula is C20H24N2O4S. The highest BCUT2D eigenvalue weighted by Gasteiger charge is 2.21. The zero-order valence-corrected chi connectivity index (χ0v) is 16.3. The first-order valence-electron chi connectivity index (χ1n) is 9.02. The molecule has 7 heteroatoms. The summed E-state index contributed by atoms with van der Waals surface area (Å²) in [5.41, 5.74) is 2.31. The standard InChI is InChI=1S/C20H24N2O4S/c1-12-13(2)27-19(17(12)20(24)25)22-18(23)15-3-5-16(6-4-15)21-11-14-7-9-26-10-8-14/h3-6,14,21H,7-11H2,1-2H3,(H,22,23)(H,24,25). The zero-order valence-electron chi connectivity index (χ0n) is 15.5. The third-order valence-corrected chi connectivity index (χ3v) is 6.03. The van der Waals surface area contributed by atoms with E-state index in [0.29, 0.717) is 22.0 Å². The fraction of sp³-hybridized carbons (Fsp3) is 0.400. The van der Waals surface area contributed by atoms with Crippen LogP contribution in [0.2, 0.25) is 0 Å². The molecule has 2 aromatic rings. The molecule has 0 radical (unpaired) electrons. The number of anilines is 2. The molecule has 3 rings (SSSR count). The number of carboxylic acids is 1. The van der Waals surface area contributed by atoms with Crippen LogP contribution in [0, 0.1) is 19.8 Å². The molecule has 1 amide bonds. The van der Waals surface area contributed by atoms with Crippen LogP contribution in [0.15, 0.2) is 24.3 Å². The number of ether oxygens (including phenoxy) is 1. The average Bonchev–Trinajstić information content (AvgIpc) is 2.95. The lowest BCUT2D eigenvalue weighted by atomic mass is 10.0. The summed E-state index contributed by atoms with van der Waals surface area (Å²) in [6.07, 6.45) is 2.14. The number of aromatic carboxylic acids is 1. The van der Waals surface area contributed by atoms with Crippen LogP contribution in [-0.4, -0.2) is 36.7 Å². The summed E-state index contributed by atoms with van der Waals surface area (Å²) in [6, 6.07) is 7.24. The summed E-state index contributed by atoms with van der Waals surface area (Å²) in [4.78, 5) is 24.8. The first-order valence-corrected chi connectivity index (χ1v) is 9.83. The molecular weight excluding hydrogens is 364 g/mol. The van der Waals surface area contributed by atoms with Crippen LogP contribution >= 0.6 is 11.3 Å². The van der Waals surface area contributed by atoms with Crippen molar-refractivity contribution in [3.63, 3.8) is 0 Å². The van der Waals surface area contributed by atoms with E-state index in [1.165, 1.54) is 11.3 Å². The molecule has 0 atom stereocenters. The minimum atomic E-state index is -1.03. The predicted octanol–water partition coefficient (Wildman–Crippen LogP) is 4.15. The Balaban J connectivity index is 1.62. The summed E-state index contributed by atoms with van der Waals surface area (Å²) in [6.45, 7) is 6.15. The van der Waals surface area contributed by atoms with Crippen LogP contribution < -0.4 is 10.6 Å². The largest absolute Gasteiger partial charge is 0.478 e. The van der Waals surface area contributed by atoms with E-state index in [1.54, 1.807) is 19.1 Å². The van der Waals surface area contributed by atoms with Crippen molar-refractivity contribution in [2.75, 3.05) is 30.4 Å². The first-order chi connectivity index (χ1) is 13.0. The summed E-state index contributed by atoms with van der Waals surface area (Å²) >= 11 is 1.28. The zero-order chi connectivity index (χ0) is 19.4. The van der Waals surface area contributed by atoms with Gasteiger partial charge in [0.15, 0.2) is 0 Å². The van der Waals surface area contributed by atoms with Gasteiger partial charge in [0, 0.05) is 35.9 Å². The van der Waals surface area contributed by atoms with Gasteiger partial charge in [0.25, 0.3) is 5.91 Å². The number of amides is 1. The minimum absolute atomic E-state index is 0.167. The Bertz CT molecular complexity index is 823. The maximum Gasteiger partial charge on any atom is 0.338 e. The van der Waals surface area contributed by atoms with Crippen molar-refractivity contribution in [3.05, 3.63) is 45.8 Å². The molecule has 3 N–H and O–H groups in total. The molecule has 27 heavy (non-hydrogen) atoms. The van der Waals surface area contributed by atoms with Crippen molar-refractivity contribution in [3.8, 4) is 0 Å². The summed E-state index contributed by atoms with van der Waals surface area (Å²) in [7, 11) is 0. The van der Waals surface area contributed by atoms with Crippen molar-refractivity contribution >= 4 is 33.9 Å². The van der Waals surface area contributed by atoms with Crippen LogP contribution in [0.1, 0.15) is 44.0 Å². The SMILES string of the molecule is Cc1sc(NC(=O)c2ccc(NCC3CCOCC3)cc2)c(C(=O)O)c1C. The van der Waals surface area contributed by atoms with Crippen molar-refractivity contribution in [2.24, 2.45) is 5.92 Å². The number of aryl methyl sites for hydroxylation is 1. The maximum atomic E-state index is 12.5. The smallest absolute Gasteiger partial charge is 0.338 e. The first kappa shape index (κ1) is 19.4. The van der Waals surface area contributed by atoms with Crippen molar-refractivity contribution in [1.82, 2.24) is 0 Å². The molecule has 0 aliphatic carbocycles. The number of carbonyl (C=O) groups is 2. The number of carboxylic acid groups (broad SMARTS) is 1. The van der Waals surface area contributed by atoms with Gasteiger partial charge in [-0.3, -0.25) is 4.79 Å². The van der Waals surface area contributed by atoms with E-state index in [1.807, 2.05) is 19.1 Å². The van der Waals surface area contributed by atoms with Crippen LogP contribution in [-0.2, 0) is 4.74 Å². The van der Waals surface area contributed by atoms with Crippen LogP contribution in [0.4, 0.5) is 10.7 Å². The molecule has 1 saturated heterocycles. The van der Waals surface area contributed by atoms with E-state index in [0.717, 1.165) is 43.2 Å². The summed E-state index contributed by atoms with van der Waals surface area (Å²) in [5.74, 6) is -0.726. The second-order valence-electron chi connectivity index (χ2n) is 6.76. The van der Waals surface area contributed by atoms with Gasteiger partial charge in [-0.2, -0.15) is 0 Å². The van der Waals surface area contributed by atoms with Gasteiger partial charge in [-0.1, -0.05) is 0 Å². The predicted molar refractivity (Wildman–Crippen MR) is 107 cm³/mol. The molecule has 0 unspecified atom stereocenters. The Morgan fingerprint density at radius 2 is 1.85 bits per heavy atom. The van der Waals surface area contributed by atoms with E-state index in [-0.39, 0.29) is 11.5 Å². The van der Waals surface area contributed by atoms with Gasteiger partial charge in [-0.15, -0.1) is 11.3 Å². The second-order valence-corrected chi connectivity index (χ2v) is 7.99. The van der Waals surface area contributed by atoms with Gasteiger partial charge in [0.05, 0.1) is 5.56 Å². The van der Waals surface area contributed by atoms with Gasteiger partial charge >= 0.3 is 5.97 Å². The van der Waals surface area contributed by atoms with Gasteiger partial charge in [-0.25, -0.2) is 4.79 Å². The molecule has 1 aliphatic heterocycles. The lowest BCUT2D eigenvalue weighted by molar-refractivity contribution is 0.0695. The molecule has 0 saturated carbocycles. The molecule has 1 aromatic carbocycles. The van der Waals surface area contributed by atoms with Crippen LogP contribution in [0.25, 0.3) is 0 Å². The van der Waals surface area contributed by atoms with Gasteiger partial charge in [0.1, 0.15) is 5.00 Å². The van der Waals surface area contributed by atoms with Gasteiger partial charge in [0.2, 0.25) is 0 Å². The molecule has 2 heterocycles. The van der Waals surface area contributed by atoms with Crippen molar-refractivity contribution in [1.29, 1.82) is 0 Å². The number of hydrogen-bond donors (Lipinski definition) is 3. The molecule has 144 valence electrons. The summed E-state index contributed by atoms with van der Waals surface area (Å²) < 4.78 is 5.37. The Hall–Kier alpha value is -2.38. The number of nitrogens with one attached hydrogen (secondary N) is 2. The van der Waals surface area contributed by atoms with Crippen molar-refractivity contribution < 1.29 is 19.4 Å². The number of benzene rings is 1. The number of hydrogen-bond acceptors (Lipinski definition) is 5. The molecule has 0 bridgehead atoms. The minimum Gasteiger partial charge on any atom is -0.478 e.